The Morgan fingerprint density at radius 2 is 2.00 bits per heavy atom. The summed E-state index contributed by atoms with van der Waals surface area (Å²) in [5.41, 5.74) is 2.13. The number of hydrogen-bond acceptors (Lipinski definition) is 3. The maximum absolute atomic E-state index is 11.6. The first-order valence-electron chi connectivity index (χ1n) is 4.88. The zero-order valence-electron chi connectivity index (χ0n) is 9.53. The molecule has 0 aliphatic rings. The molecule has 86 valence electrons. The molecule has 0 bridgehead atoms. The van der Waals surface area contributed by atoms with Crippen LogP contribution in [0.5, 0.6) is 0 Å². The molecule has 1 rings (SSSR count). The van der Waals surface area contributed by atoms with Crippen molar-refractivity contribution >= 4 is 15.7 Å². The summed E-state index contributed by atoms with van der Waals surface area (Å²) in [6.07, 6.45) is 0.605. The van der Waals surface area contributed by atoms with Crippen molar-refractivity contribution in [3.8, 4) is 0 Å². The van der Waals surface area contributed by atoms with Crippen molar-refractivity contribution in [3.05, 3.63) is 11.4 Å². The number of aromatic nitrogens is 2. The van der Waals surface area contributed by atoms with E-state index in [4.69, 9.17) is 0 Å². The lowest BCUT2D eigenvalue weighted by molar-refractivity contribution is 0.600. The molecule has 0 radical (unpaired) electrons. The summed E-state index contributed by atoms with van der Waals surface area (Å²) in [6.45, 7) is 5.46. The highest BCUT2D eigenvalue weighted by Crippen LogP contribution is 2.19. The molecule has 0 unspecified atom stereocenters. The van der Waals surface area contributed by atoms with E-state index in [1.807, 2.05) is 13.8 Å². The fraction of sp³-hybridized carbons (Fsp3) is 0.667. The van der Waals surface area contributed by atoms with E-state index >= 15 is 0 Å². The highest BCUT2D eigenvalue weighted by Gasteiger charge is 2.15. The fourth-order valence-corrected chi connectivity index (χ4v) is 2.64. The van der Waals surface area contributed by atoms with Crippen LogP contribution in [-0.4, -0.2) is 24.0 Å². The zero-order chi connectivity index (χ0) is 11.6. The summed E-state index contributed by atoms with van der Waals surface area (Å²) in [5.74, 6) is 0.140. The average Bonchev–Trinajstić information content (AvgIpc) is 2.32. The average molecular weight is 231 g/mol. The van der Waals surface area contributed by atoms with Crippen molar-refractivity contribution in [2.24, 2.45) is 7.05 Å². The molecule has 0 amide bonds. The van der Waals surface area contributed by atoms with Crippen LogP contribution in [0.1, 0.15) is 24.7 Å². The van der Waals surface area contributed by atoms with Gasteiger partial charge in [0.2, 0.25) is 10.0 Å². The molecule has 0 aliphatic heterocycles. The third-order valence-electron chi connectivity index (χ3n) is 2.24. The second-order valence-electron chi connectivity index (χ2n) is 3.59. The number of nitrogens with one attached hydrogen (secondary N) is 1. The first-order valence-corrected chi connectivity index (χ1v) is 6.53. The number of anilines is 1. The Hall–Kier alpha value is -1.04. The molecule has 0 saturated heterocycles. The van der Waals surface area contributed by atoms with Gasteiger partial charge in [0.25, 0.3) is 0 Å². The van der Waals surface area contributed by atoms with Gasteiger partial charge in [-0.25, -0.2) is 8.42 Å². The molecule has 0 aromatic carbocycles. The molecule has 15 heavy (non-hydrogen) atoms. The van der Waals surface area contributed by atoms with E-state index in [0.29, 0.717) is 17.8 Å². The Kier molecular flexibility index (Phi) is 3.38. The third-order valence-corrected chi connectivity index (χ3v) is 3.70. The summed E-state index contributed by atoms with van der Waals surface area (Å²) in [7, 11) is -1.43. The molecule has 6 heteroatoms. The van der Waals surface area contributed by atoms with Gasteiger partial charge >= 0.3 is 0 Å². The molecule has 0 saturated carbocycles. The minimum absolute atomic E-state index is 0.140. The summed E-state index contributed by atoms with van der Waals surface area (Å²) in [6, 6.07) is 0. The van der Waals surface area contributed by atoms with Gasteiger partial charge in [0.1, 0.15) is 0 Å². The highest BCUT2D eigenvalue weighted by molar-refractivity contribution is 7.92. The van der Waals surface area contributed by atoms with Crippen LogP contribution >= 0.6 is 0 Å². The Morgan fingerprint density at radius 3 is 2.40 bits per heavy atom. The minimum atomic E-state index is -3.22. The van der Waals surface area contributed by atoms with Crippen LogP contribution < -0.4 is 4.72 Å². The van der Waals surface area contributed by atoms with Crippen LogP contribution in [0, 0.1) is 13.8 Å². The van der Waals surface area contributed by atoms with Gasteiger partial charge in [-0.05, 0) is 20.3 Å². The monoisotopic (exact) mass is 231 g/mol. The van der Waals surface area contributed by atoms with E-state index in [9.17, 15) is 8.42 Å². The highest BCUT2D eigenvalue weighted by atomic mass is 32.2. The molecular weight excluding hydrogens is 214 g/mol. The van der Waals surface area contributed by atoms with Crippen molar-refractivity contribution in [2.45, 2.75) is 27.2 Å². The summed E-state index contributed by atoms with van der Waals surface area (Å²) in [5, 5.41) is 4.14. The number of sulfonamides is 1. The van der Waals surface area contributed by atoms with Crippen LogP contribution in [0.4, 0.5) is 5.69 Å². The number of hydrogen-bond donors (Lipinski definition) is 1. The molecule has 0 spiro atoms. The van der Waals surface area contributed by atoms with E-state index in [1.54, 1.807) is 18.7 Å². The zero-order valence-corrected chi connectivity index (χ0v) is 10.3. The Bertz CT molecular complexity index is 448. The summed E-state index contributed by atoms with van der Waals surface area (Å²) >= 11 is 0. The standard InChI is InChI=1S/C9H17N3O2S/c1-5-6-15(13,14)11-9-7(2)10-12(4)8(9)3/h11H,5-6H2,1-4H3. The number of rotatable bonds is 4. The van der Waals surface area contributed by atoms with Gasteiger partial charge in [-0.3, -0.25) is 9.40 Å². The Morgan fingerprint density at radius 1 is 1.40 bits per heavy atom. The van der Waals surface area contributed by atoms with Crippen LogP contribution in [0.25, 0.3) is 0 Å². The number of aryl methyl sites for hydroxylation is 2. The van der Waals surface area contributed by atoms with E-state index in [2.05, 4.69) is 9.82 Å². The van der Waals surface area contributed by atoms with E-state index in [0.717, 1.165) is 5.69 Å². The fourth-order valence-electron chi connectivity index (χ4n) is 1.40. The maximum atomic E-state index is 11.6. The normalized spacial score (nSPS) is 11.7. The number of nitrogens with zero attached hydrogens (tertiary/aromatic N) is 2. The molecule has 5 nitrogen and oxygen atoms in total. The second-order valence-corrected chi connectivity index (χ2v) is 5.43. The van der Waals surface area contributed by atoms with Crippen molar-refractivity contribution in [3.63, 3.8) is 0 Å². The molecule has 0 atom stereocenters. The van der Waals surface area contributed by atoms with Crippen molar-refractivity contribution in [1.29, 1.82) is 0 Å². The van der Waals surface area contributed by atoms with Gasteiger partial charge in [-0.2, -0.15) is 5.10 Å². The van der Waals surface area contributed by atoms with Gasteiger partial charge in [0.15, 0.2) is 0 Å². The summed E-state index contributed by atoms with van der Waals surface area (Å²) < 4.78 is 27.4. The molecule has 1 N–H and O–H groups in total. The lowest BCUT2D eigenvalue weighted by atomic mass is 10.3. The van der Waals surface area contributed by atoms with Crippen molar-refractivity contribution < 1.29 is 8.42 Å². The predicted molar refractivity (Wildman–Crippen MR) is 60.4 cm³/mol. The van der Waals surface area contributed by atoms with Gasteiger partial charge in [-0.1, -0.05) is 6.92 Å². The molecule has 1 heterocycles. The molecule has 1 aromatic rings. The van der Waals surface area contributed by atoms with Gasteiger partial charge in [0, 0.05) is 7.05 Å². The van der Waals surface area contributed by atoms with E-state index < -0.39 is 10.0 Å². The van der Waals surface area contributed by atoms with E-state index in [-0.39, 0.29) is 5.75 Å². The first kappa shape index (κ1) is 12.0. The van der Waals surface area contributed by atoms with Gasteiger partial charge in [-0.15, -0.1) is 0 Å². The lowest BCUT2D eigenvalue weighted by Crippen LogP contribution is -2.17. The Balaban J connectivity index is 2.99. The lowest BCUT2D eigenvalue weighted by Gasteiger charge is -2.06. The van der Waals surface area contributed by atoms with E-state index in [1.165, 1.54) is 0 Å². The third kappa shape index (κ3) is 2.71. The smallest absolute Gasteiger partial charge is 0.232 e. The maximum Gasteiger partial charge on any atom is 0.232 e. The predicted octanol–water partition coefficient (Wildman–Crippen LogP) is 1.19. The largest absolute Gasteiger partial charge is 0.280 e. The quantitative estimate of drug-likeness (QED) is 0.846. The van der Waals surface area contributed by atoms with Gasteiger partial charge < -0.3 is 0 Å². The van der Waals surface area contributed by atoms with Crippen LogP contribution in [0.2, 0.25) is 0 Å². The van der Waals surface area contributed by atoms with Crippen LogP contribution in [0.15, 0.2) is 0 Å². The van der Waals surface area contributed by atoms with Crippen LogP contribution in [-0.2, 0) is 17.1 Å². The topological polar surface area (TPSA) is 64.0 Å². The van der Waals surface area contributed by atoms with Crippen molar-refractivity contribution in [2.75, 3.05) is 10.5 Å². The summed E-state index contributed by atoms with van der Waals surface area (Å²) in [4.78, 5) is 0. The molecular formula is C9H17N3O2S. The molecule has 0 fully saturated rings. The van der Waals surface area contributed by atoms with Crippen molar-refractivity contribution in [1.82, 2.24) is 9.78 Å². The Labute approximate surface area is 90.5 Å². The SMILES string of the molecule is CCCS(=O)(=O)Nc1c(C)nn(C)c1C. The molecule has 0 aliphatic carbocycles. The first-order chi connectivity index (χ1) is 6.87. The molecule has 1 aromatic heterocycles. The second kappa shape index (κ2) is 4.22. The minimum Gasteiger partial charge on any atom is -0.280 e. The van der Waals surface area contributed by atoms with Crippen LogP contribution in [0.3, 0.4) is 0 Å². The van der Waals surface area contributed by atoms with Gasteiger partial charge in [0.05, 0.1) is 22.8 Å².